The largest absolute Gasteiger partial charge is 0.481 e. The topological polar surface area (TPSA) is 94.3 Å². The number of halogens is 1. The van der Waals surface area contributed by atoms with Gasteiger partial charge in [0, 0.05) is 11.8 Å². The zero-order valence-corrected chi connectivity index (χ0v) is 12.5. The number of nitrogens with zero attached hydrogens (tertiary/aromatic N) is 1. The Balaban J connectivity index is 1.99. The second-order valence-electron chi connectivity index (χ2n) is 4.48. The van der Waals surface area contributed by atoms with E-state index in [0.717, 1.165) is 0 Å². The van der Waals surface area contributed by atoms with Crippen LogP contribution < -0.4 is 15.8 Å². The molecule has 0 aliphatic carbocycles. The molecule has 22 heavy (non-hydrogen) atoms. The van der Waals surface area contributed by atoms with Crippen LogP contribution in [-0.2, 0) is 4.79 Å². The number of nitrogens with one attached hydrogen (secondary N) is 1. The summed E-state index contributed by atoms with van der Waals surface area (Å²) >= 11 is 5.87. The van der Waals surface area contributed by atoms with Gasteiger partial charge in [-0.05, 0) is 43.3 Å². The number of pyridine rings is 1. The average molecular weight is 320 g/mol. The van der Waals surface area contributed by atoms with Crippen molar-refractivity contribution in [1.29, 1.82) is 0 Å². The maximum atomic E-state index is 12.0. The second-order valence-corrected chi connectivity index (χ2v) is 4.84. The van der Waals surface area contributed by atoms with Crippen LogP contribution in [0, 0.1) is 0 Å². The molecule has 2 amide bonds. The molecule has 0 radical (unpaired) electrons. The van der Waals surface area contributed by atoms with E-state index in [1.54, 1.807) is 31.2 Å². The summed E-state index contributed by atoms with van der Waals surface area (Å²) in [5.74, 6) is -0.442. The van der Waals surface area contributed by atoms with Crippen molar-refractivity contribution >= 4 is 29.1 Å². The maximum absolute atomic E-state index is 12.0. The first-order valence-corrected chi connectivity index (χ1v) is 6.83. The van der Waals surface area contributed by atoms with Gasteiger partial charge < -0.3 is 15.8 Å². The second kappa shape index (κ2) is 6.91. The van der Waals surface area contributed by atoms with Gasteiger partial charge in [-0.15, -0.1) is 0 Å². The molecular formula is C15H14ClN3O3. The molecule has 0 aliphatic heterocycles. The third-order valence-electron chi connectivity index (χ3n) is 2.84. The van der Waals surface area contributed by atoms with Crippen LogP contribution in [0.3, 0.4) is 0 Å². The number of ether oxygens (including phenoxy) is 1. The maximum Gasteiger partial charge on any atom is 0.265 e. The predicted molar refractivity (Wildman–Crippen MR) is 82.9 cm³/mol. The number of primary amides is 1. The highest BCUT2D eigenvalue weighted by Gasteiger charge is 2.16. The molecule has 0 unspecified atom stereocenters. The van der Waals surface area contributed by atoms with Crippen LogP contribution >= 0.6 is 11.6 Å². The van der Waals surface area contributed by atoms with E-state index in [4.69, 9.17) is 22.1 Å². The number of carbonyl (C=O) groups excluding carboxylic acids is 2. The molecule has 2 rings (SSSR count). The Kier molecular flexibility index (Phi) is 4.95. The molecule has 0 bridgehead atoms. The lowest BCUT2D eigenvalue weighted by atomic mass is 10.2. The van der Waals surface area contributed by atoms with E-state index in [0.29, 0.717) is 17.0 Å². The van der Waals surface area contributed by atoms with Crippen LogP contribution in [0.1, 0.15) is 17.3 Å². The van der Waals surface area contributed by atoms with Gasteiger partial charge >= 0.3 is 0 Å². The number of nitrogens with two attached hydrogens (primary N) is 1. The molecule has 1 atom stereocenters. The van der Waals surface area contributed by atoms with E-state index in [1.807, 2.05) is 0 Å². The van der Waals surface area contributed by atoms with Crippen molar-refractivity contribution in [3.05, 3.63) is 53.3 Å². The van der Waals surface area contributed by atoms with Gasteiger partial charge in [0.05, 0.1) is 5.69 Å². The molecule has 0 aliphatic rings. The summed E-state index contributed by atoms with van der Waals surface area (Å²) in [6.45, 7) is 1.60. The Morgan fingerprint density at radius 3 is 2.55 bits per heavy atom. The van der Waals surface area contributed by atoms with Gasteiger partial charge in [-0.3, -0.25) is 9.59 Å². The minimum absolute atomic E-state index is 0.203. The summed E-state index contributed by atoms with van der Waals surface area (Å²) < 4.78 is 5.50. The third kappa shape index (κ3) is 3.95. The van der Waals surface area contributed by atoms with E-state index in [-0.39, 0.29) is 11.1 Å². The first-order valence-electron chi connectivity index (χ1n) is 6.45. The number of anilines is 1. The van der Waals surface area contributed by atoms with Crippen LogP contribution in [0.15, 0.2) is 42.6 Å². The van der Waals surface area contributed by atoms with E-state index in [2.05, 4.69) is 10.3 Å². The van der Waals surface area contributed by atoms with Crippen molar-refractivity contribution in [3.8, 4) is 5.75 Å². The number of rotatable bonds is 5. The highest BCUT2D eigenvalue weighted by atomic mass is 35.5. The molecule has 2 aromatic rings. The molecular weight excluding hydrogens is 306 g/mol. The number of aromatic nitrogens is 1. The van der Waals surface area contributed by atoms with Crippen LogP contribution in [0.25, 0.3) is 0 Å². The molecule has 0 saturated heterocycles. The fourth-order valence-corrected chi connectivity index (χ4v) is 1.84. The lowest BCUT2D eigenvalue weighted by molar-refractivity contribution is -0.122. The average Bonchev–Trinajstić information content (AvgIpc) is 2.50. The number of benzene rings is 1. The van der Waals surface area contributed by atoms with E-state index in [1.165, 1.54) is 18.3 Å². The van der Waals surface area contributed by atoms with Gasteiger partial charge in [0.15, 0.2) is 11.3 Å². The normalized spacial score (nSPS) is 11.5. The lowest BCUT2D eigenvalue weighted by Crippen LogP contribution is -2.30. The van der Waals surface area contributed by atoms with Crippen molar-refractivity contribution in [2.75, 3.05) is 5.32 Å². The van der Waals surface area contributed by atoms with Crippen LogP contribution in [0.2, 0.25) is 5.15 Å². The molecule has 6 nitrogen and oxygen atoms in total. The van der Waals surface area contributed by atoms with Crippen LogP contribution in [-0.4, -0.2) is 22.9 Å². The van der Waals surface area contributed by atoms with Crippen molar-refractivity contribution in [2.45, 2.75) is 13.0 Å². The van der Waals surface area contributed by atoms with Gasteiger partial charge in [0.2, 0.25) is 5.91 Å². The Labute approximate surface area is 132 Å². The lowest BCUT2D eigenvalue weighted by Gasteiger charge is -2.15. The SMILES string of the molecule is C[C@H](Oc1ccc(C(N)=O)cc1)C(=O)Nc1cccnc1Cl. The summed E-state index contributed by atoms with van der Waals surface area (Å²) in [5, 5.41) is 2.83. The minimum atomic E-state index is -0.754. The standard InChI is InChI=1S/C15H14ClN3O3/c1-9(15(21)19-12-3-2-8-18-13(12)16)22-11-6-4-10(5-7-11)14(17)20/h2-9H,1H3,(H2,17,20)(H,19,21)/t9-/m0/s1. The number of amides is 2. The fourth-order valence-electron chi connectivity index (χ4n) is 1.67. The first kappa shape index (κ1) is 15.8. The summed E-state index contributed by atoms with van der Waals surface area (Å²) in [7, 11) is 0. The Morgan fingerprint density at radius 2 is 1.95 bits per heavy atom. The molecule has 0 saturated carbocycles. The number of hydrogen-bond acceptors (Lipinski definition) is 4. The van der Waals surface area contributed by atoms with Gasteiger partial charge in [-0.2, -0.15) is 0 Å². The van der Waals surface area contributed by atoms with Crippen molar-refractivity contribution in [1.82, 2.24) is 4.98 Å². The Morgan fingerprint density at radius 1 is 1.27 bits per heavy atom. The molecule has 1 aromatic carbocycles. The first-order chi connectivity index (χ1) is 10.5. The van der Waals surface area contributed by atoms with E-state index in [9.17, 15) is 9.59 Å². The molecule has 0 fully saturated rings. The van der Waals surface area contributed by atoms with E-state index >= 15 is 0 Å². The highest BCUT2D eigenvalue weighted by Crippen LogP contribution is 2.19. The molecule has 3 N–H and O–H groups in total. The monoisotopic (exact) mass is 319 g/mol. The van der Waals surface area contributed by atoms with E-state index < -0.39 is 12.0 Å². The number of hydrogen-bond donors (Lipinski definition) is 2. The summed E-state index contributed by atoms with van der Waals surface area (Å²) in [6, 6.07) is 9.50. The highest BCUT2D eigenvalue weighted by molar-refractivity contribution is 6.32. The predicted octanol–water partition coefficient (Wildman–Crippen LogP) is 2.24. The molecule has 1 aromatic heterocycles. The molecule has 1 heterocycles. The number of carbonyl (C=O) groups is 2. The van der Waals surface area contributed by atoms with Gasteiger partial charge in [0.1, 0.15) is 5.75 Å². The van der Waals surface area contributed by atoms with Gasteiger partial charge in [-0.25, -0.2) is 4.98 Å². The van der Waals surface area contributed by atoms with Gasteiger partial charge in [0.25, 0.3) is 5.91 Å². The van der Waals surface area contributed by atoms with Gasteiger partial charge in [-0.1, -0.05) is 11.6 Å². The summed E-state index contributed by atoms with van der Waals surface area (Å²) in [4.78, 5) is 26.9. The fraction of sp³-hybridized carbons (Fsp3) is 0.133. The Hall–Kier alpha value is -2.60. The van der Waals surface area contributed by atoms with Crippen LogP contribution in [0.4, 0.5) is 5.69 Å². The molecule has 7 heteroatoms. The zero-order valence-electron chi connectivity index (χ0n) is 11.7. The van der Waals surface area contributed by atoms with Crippen molar-refractivity contribution in [3.63, 3.8) is 0 Å². The summed E-state index contributed by atoms with van der Waals surface area (Å²) in [5.41, 5.74) is 5.93. The van der Waals surface area contributed by atoms with Crippen LogP contribution in [0.5, 0.6) is 5.75 Å². The smallest absolute Gasteiger partial charge is 0.265 e. The zero-order chi connectivity index (χ0) is 16.1. The van der Waals surface area contributed by atoms with Crippen molar-refractivity contribution < 1.29 is 14.3 Å². The quantitative estimate of drug-likeness (QED) is 0.826. The minimum Gasteiger partial charge on any atom is -0.481 e. The Bertz CT molecular complexity index is 689. The third-order valence-corrected chi connectivity index (χ3v) is 3.14. The van der Waals surface area contributed by atoms with Crippen molar-refractivity contribution in [2.24, 2.45) is 5.73 Å². The molecule has 114 valence electrons. The summed E-state index contributed by atoms with van der Waals surface area (Å²) in [6.07, 6.45) is 0.772. The molecule has 0 spiro atoms.